The maximum Gasteiger partial charge on any atom is 0.290 e. The van der Waals surface area contributed by atoms with Gasteiger partial charge in [-0.25, -0.2) is 8.78 Å². The minimum absolute atomic E-state index is 0.0748. The van der Waals surface area contributed by atoms with Crippen LogP contribution in [0.1, 0.15) is 29.0 Å². The van der Waals surface area contributed by atoms with Crippen molar-refractivity contribution in [3.63, 3.8) is 0 Å². The minimum Gasteiger partial charge on any atom is -0.451 e. The van der Waals surface area contributed by atoms with Crippen molar-refractivity contribution in [1.29, 1.82) is 0 Å². The lowest BCUT2D eigenvalue weighted by Crippen LogP contribution is -2.37. The third-order valence-corrected chi connectivity index (χ3v) is 4.92. The van der Waals surface area contributed by atoms with Crippen molar-refractivity contribution in [1.82, 2.24) is 4.90 Å². The normalized spacial score (nSPS) is 16.3. The van der Waals surface area contributed by atoms with E-state index in [-0.39, 0.29) is 35.2 Å². The van der Waals surface area contributed by atoms with E-state index < -0.39 is 17.2 Å². The number of carbonyl (C=O) groups is 1. The average molecular weight is 399 g/mol. The summed E-state index contributed by atoms with van der Waals surface area (Å²) in [6.45, 7) is 1.17. The van der Waals surface area contributed by atoms with E-state index in [2.05, 4.69) is 0 Å². The van der Waals surface area contributed by atoms with E-state index >= 15 is 0 Å². The van der Waals surface area contributed by atoms with Gasteiger partial charge in [-0.15, -0.1) is 0 Å². The van der Waals surface area contributed by atoms with Gasteiger partial charge in [0.15, 0.2) is 11.2 Å². The molecule has 5 nitrogen and oxygen atoms in total. The highest BCUT2D eigenvalue weighted by atomic mass is 19.1. The van der Waals surface area contributed by atoms with Crippen molar-refractivity contribution >= 4 is 16.9 Å². The van der Waals surface area contributed by atoms with Crippen LogP contribution in [0.4, 0.5) is 8.78 Å². The molecule has 1 atom stereocenters. The predicted octanol–water partition coefficient (Wildman–Crippen LogP) is 3.89. The zero-order valence-electron chi connectivity index (χ0n) is 15.6. The Morgan fingerprint density at radius 2 is 1.83 bits per heavy atom. The van der Waals surface area contributed by atoms with Crippen LogP contribution in [-0.4, -0.2) is 30.1 Å². The van der Waals surface area contributed by atoms with Crippen LogP contribution in [0.5, 0.6) is 0 Å². The molecular weight excluding hydrogens is 380 g/mol. The largest absolute Gasteiger partial charge is 0.451 e. The van der Waals surface area contributed by atoms with Crippen molar-refractivity contribution in [2.75, 3.05) is 13.2 Å². The summed E-state index contributed by atoms with van der Waals surface area (Å²) >= 11 is 0. The van der Waals surface area contributed by atoms with Crippen LogP contribution in [0.2, 0.25) is 0 Å². The molecule has 29 heavy (non-hydrogen) atoms. The molecule has 0 N–H and O–H groups in total. The fraction of sp³-hybridized carbons (Fsp3) is 0.273. The Balaban J connectivity index is 1.66. The van der Waals surface area contributed by atoms with Gasteiger partial charge in [0.25, 0.3) is 5.91 Å². The number of rotatable bonds is 5. The van der Waals surface area contributed by atoms with Gasteiger partial charge in [0, 0.05) is 25.8 Å². The van der Waals surface area contributed by atoms with Crippen LogP contribution in [0, 0.1) is 11.6 Å². The Labute approximate surface area is 165 Å². The summed E-state index contributed by atoms with van der Waals surface area (Å²) in [4.78, 5) is 27.0. The second-order valence-corrected chi connectivity index (χ2v) is 7.06. The van der Waals surface area contributed by atoms with Gasteiger partial charge in [-0.05, 0) is 48.7 Å². The Morgan fingerprint density at radius 1 is 1.07 bits per heavy atom. The maximum absolute atomic E-state index is 13.4. The molecule has 2 aromatic carbocycles. The Morgan fingerprint density at radius 3 is 2.55 bits per heavy atom. The topological polar surface area (TPSA) is 59.8 Å². The van der Waals surface area contributed by atoms with Gasteiger partial charge < -0.3 is 14.1 Å². The molecule has 0 spiro atoms. The molecule has 0 saturated carbocycles. The Hall–Kier alpha value is -3.06. The number of ether oxygens (including phenoxy) is 1. The summed E-state index contributed by atoms with van der Waals surface area (Å²) in [5.41, 5.74) is 0.386. The molecule has 0 unspecified atom stereocenters. The molecule has 1 aliphatic heterocycles. The van der Waals surface area contributed by atoms with Gasteiger partial charge in [0.1, 0.15) is 17.2 Å². The van der Waals surface area contributed by atoms with Crippen LogP contribution < -0.4 is 5.43 Å². The first kappa shape index (κ1) is 19.3. The second kappa shape index (κ2) is 8.13. The van der Waals surface area contributed by atoms with Gasteiger partial charge in [0.05, 0.1) is 11.5 Å². The number of benzene rings is 2. The Kier molecular flexibility index (Phi) is 5.40. The quantitative estimate of drug-likeness (QED) is 0.653. The molecule has 2 heterocycles. The van der Waals surface area contributed by atoms with E-state index in [9.17, 15) is 18.4 Å². The van der Waals surface area contributed by atoms with Gasteiger partial charge >= 0.3 is 0 Å². The number of halogens is 2. The van der Waals surface area contributed by atoms with Gasteiger partial charge in [-0.3, -0.25) is 9.59 Å². The zero-order chi connectivity index (χ0) is 20.4. The van der Waals surface area contributed by atoms with E-state index in [4.69, 9.17) is 9.15 Å². The number of carbonyl (C=O) groups excluding carboxylic acids is 1. The van der Waals surface area contributed by atoms with Crippen molar-refractivity contribution < 1.29 is 22.7 Å². The summed E-state index contributed by atoms with van der Waals surface area (Å²) in [7, 11) is 0. The first-order chi connectivity index (χ1) is 14.0. The molecule has 0 aliphatic carbocycles. The molecule has 0 radical (unpaired) electrons. The number of hydrogen-bond acceptors (Lipinski definition) is 4. The molecule has 4 rings (SSSR count). The molecule has 0 bridgehead atoms. The number of hydrogen-bond donors (Lipinski definition) is 0. The van der Waals surface area contributed by atoms with Crippen molar-refractivity contribution in [2.24, 2.45) is 0 Å². The highest BCUT2D eigenvalue weighted by molar-refractivity contribution is 5.93. The molecule has 150 valence electrons. The monoisotopic (exact) mass is 399 g/mol. The molecule has 1 fully saturated rings. The van der Waals surface area contributed by atoms with Crippen LogP contribution in [0.15, 0.2) is 57.7 Å². The average Bonchev–Trinajstić information content (AvgIpc) is 3.22. The van der Waals surface area contributed by atoms with Crippen LogP contribution in [-0.2, 0) is 11.3 Å². The van der Waals surface area contributed by atoms with Gasteiger partial charge in [0.2, 0.25) is 0 Å². The molecule has 1 aliphatic rings. The van der Waals surface area contributed by atoms with E-state index in [1.165, 1.54) is 29.2 Å². The highest BCUT2D eigenvalue weighted by Gasteiger charge is 2.25. The fourth-order valence-corrected chi connectivity index (χ4v) is 3.45. The summed E-state index contributed by atoms with van der Waals surface area (Å²) in [5.74, 6) is -1.53. The maximum atomic E-state index is 13.4. The van der Waals surface area contributed by atoms with E-state index in [0.717, 1.165) is 30.5 Å². The first-order valence-corrected chi connectivity index (χ1v) is 9.38. The zero-order valence-corrected chi connectivity index (χ0v) is 15.6. The lowest BCUT2D eigenvalue weighted by Gasteiger charge is -2.25. The van der Waals surface area contributed by atoms with Crippen molar-refractivity contribution in [3.05, 3.63) is 81.7 Å². The van der Waals surface area contributed by atoms with Gasteiger partial charge in [-0.1, -0.05) is 12.1 Å². The number of nitrogens with zero attached hydrogens (tertiary/aromatic N) is 1. The SMILES string of the molecule is O=C(c1cc(=O)c2cc(F)ccc2o1)N(Cc1ccc(F)cc1)C[C@H]1CCCO1. The molecule has 1 amide bonds. The number of amides is 1. The van der Waals surface area contributed by atoms with Crippen molar-refractivity contribution in [3.8, 4) is 0 Å². The highest BCUT2D eigenvalue weighted by Crippen LogP contribution is 2.19. The van der Waals surface area contributed by atoms with Crippen LogP contribution >= 0.6 is 0 Å². The molecule has 7 heteroatoms. The van der Waals surface area contributed by atoms with Crippen LogP contribution in [0.3, 0.4) is 0 Å². The third kappa shape index (κ3) is 4.35. The minimum atomic E-state index is -0.555. The van der Waals surface area contributed by atoms with E-state index in [1.54, 1.807) is 12.1 Å². The summed E-state index contributed by atoms with van der Waals surface area (Å²) < 4.78 is 37.9. The van der Waals surface area contributed by atoms with Gasteiger partial charge in [-0.2, -0.15) is 0 Å². The van der Waals surface area contributed by atoms with E-state index in [0.29, 0.717) is 13.2 Å². The smallest absolute Gasteiger partial charge is 0.290 e. The molecular formula is C22H19F2NO4. The lowest BCUT2D eigenvalue weighted by atomic mass is 10.1. The third-order valence-electron chi connectivity index (χ3n) is 4.92. The summed E-state index contributed by atoms with van der Waals surface area (Å²) in [6.07, 6.45) is 1.63. The van der Waals surface area contributed by atoms with Crippen molar-refractivity contribution in [2.45, 2.75) is 25.5 Å². The fourth-order valence-electron chi connectivity index (χ4n) is 3.45. The second-order valence-electron chi connectivity index (χ2n) is 7.06. The standard InChI is InChI=1S/C22H19F2NO4/c23-15-5-3-14(4-6-15)12-25(13-17-2-1-9-28-17)22(27)21-11-19(26)18-10-16(24)7-8-20(18)29-21/h3-8,10-11,17H,1-2,9,12-13H2/t17-/m1/s1. The first-order valence-electron chi connectivity index (χ1n) is 9.38. The van der Waals surface area contributed by atoms with E-state index in [1.807, 2.05) is 0 Å². The van der Waals surface area contributed by atoms with Crippen LogP contribution in [0.25, 0.3) is 11.0 Å². The Bertz CT molecular complexity index is 1090. The number of fused-ring (bicyclic) bond motifs is 1. The molecule has 3 aromatic rings. The lowest BCUT2D eigenvalue weighted by molar-refractivity contribution is 0.0484. The summed E-state index contributed by atoms with van der Waals surface area (Å²) in [6, 6.07) is 10.5. The predicted molar refractivity (Wildman–Crippen MR) is 103 cm³/mol. The molecule has 1 saturated heterocycles. The summed E-state index contributed by atoms with van der Waals surface area (Å²) in [5, 5.41) is 0.0748. The molecule has 1 aromatic heterocycles.